The first kappa shape index (κ1) is 11.8. The van der Waals surface area contributed by atoms with E-state index >= 15 is 0 Å². The Balaban J connectivity index is 1.73. The highest BCUT2D eigenvalue weighted by Gasteiger charge is 2.73. The molecule has 0 heteroatoms. The normalized spacial score (nSPS) is 60.7. The summed E-state index contributed by atoms with van der Waals surface area (Å²) in [5, 5.41) is 0. The third-order valence-electron chi connectivity index (χ3n) is 7.99. The highest BCUT2D eigenvalue weighted by Crippen LogP contribution is 2.79. The van der Waals surface area contributed by atoms with Crippen LogP contribution in [0.15, 0.2) is 0 Å². The lowest BCUT2D eigenvalue weighted by Crippen LogP contribution is -2.66. The molecule has 4 fully saturated rings. The summed E-state index contributed by atoms with van der Waals surface area (Å²) in [7, 11) is 0. The molecule has 4 aliphatic carbocycles. The van der Waals surface area contributed by atoms with Crippen molar-refractivity contribution in [3.63, 3.8) is 0 Å². The molecule has 0 amide bonds. The van der Waals surface area contributed by atoms with Gasteiger partial charge in [0.15, 0.2) is 0 Å². The maximum Gasteiger partial charge on any atom is -0.0207 e. The van der Waals surface area contributed by atoms with Crippen LogP contribution in [0.5, 0.6) is 0 Å². The minimum absolute atomic E-state index is 0.643. The van der Waals surface area contributed by atoms with E-state index in [-0.39, 0.29) is 0 Å². The largest absolute Gasteiger partial charge is 0.0625 e. The van der Waals surface area contributed by atoms with Crippen molar-refractivity contribution in [1.82, 2.24) is 0 Å². The molecule has 0 saturated heterocycles. The van der Waals surface area contributed by atoms with Crippen LogP contribution >= 0.6 is 0 Å². The van der Waals surface area contributed by atoms with Crippen molar-refractivity contribution in [3.05, 3.63) is 0 Å². The first-order valence-electron chi connectivity index (χ1n) is 8.47. The van der Waals surface area contributed by atoms with Crippen molar-refractivity contribution >= 4 is 0 Å². The number of hydrogen-bond donors (Lipinski definition) is 0. The standard InChI is InChI=1S/C18H30/c1-11-5-6-14-7-8-18(14)12(2)15-16(18)13(9-11)10-17(15,3)4/h11-16H,5-10H2,1-4H3. The van der Waals surface area contributed by atoms with Gasteiger partial charge in [-0.15, -0.1) is 0 Å². The predicted octanol–water partition coefficient (Wildman–Crippen LogP) is 5.13. The van der Waals surface area contributed by atoms with Crippen LogP contribution in [0.3, 0.4) is 0 Å². The van der Waals surface area contributed by atoms with Crippen LogP contribution in [0.1, 0.15) is 66.2 Å². The zero-order chi connectivity index (χ0) is 12.7. The molecule has 0 aliphatic heterocycles. The van der Waals surface area contributed by atoms with Gasteiger partial charge in [-0.3, -0.25) is 0 Å². The van der Waals surface area contributed by atoms with Gasteiger partial charge >= 0.3 is 0 Å². The van der Waals surface area contributed by atoms with Crippen LogP contribution in [0.2, 0.25) is 0 Å². The Hall–Kier alpha value is 0. The maximum absolute atomic E-state index is 2.61. The van der Waals surface area contributed by atoms with Crippen molar-refractivity contribution in [3.8, 4) is 0 Å². The average Bonchev–Trinajstić information content (AvgIpc) is 2.43. The lowest BCUT2D eigenvalue weighted by atomic mass is 9.33. The Morgan fingerprint density at radius 1 is 0.944 bits per heavy atom. The smallest absolute Gasteiger partial charge is 0.0207 e. The average molecular weight is 246 g/mol. The lowest BCUT2D eigenvalue weighted by Gasteiger charge is -2.71. The van der Waals surface area contributed by atoms with Crippen LogP contribution in [0.4, 0.5) is 0 Å². The molecule has 0 radical (unpaired) electrons. The molecule has 4 aliphatic rings. The fraction of sp³-hybridized carbons (Fsp3) is 1.00. The summed E-state index contributed by atoms with van der Waals surface area (Å²) in [6.45, 7) is 10.3. The zero-order valence-electron chi connectivity index (χ0n) is 12.7. The van der Waals surface area contributed by atoms with Crippen molar-refractivity contribution in [2.75, 3.05) is 0 Å². The van der Waals surface area contributed by atoms with Crippen LogP contribution in [-0.4, -0.2) is 0 Å². The lowest BCUT2D eigenvalue weighted by molar-refractivity contribution is -0.236. The number of hydrogen-bond acceptors (Lipinski definition) is 0. The van der Waals surface area contributed by atoms with Gasteiger partial charge in [0.2, 0.25) is 0 Å². The fourth-order valence-corrected chi connectivity index (χ4v) is 7.48. The summed E-state index contributed by atoms with van der Waals surface area (Å²) in [5.41, 5.74) is 1.48. The van der Waals surface area contributed by atoms with Gasteiger partial charge in [0.25, 0.3) is 0 Å². The van der Waals surface area contributed by atoms with E-state index in [1.807, 2.05) is 0 Å². The molecule has 0 bridgehead atoms. The highest BCUT2D eigenvalue weighted by atomic mass is 14.8. The molecule has 0 aromatic rings. The third-order valence-corrected chi connectivity index (χ3v) is 7.99. The van der Waals surface area contributed by atoms with E-state index < -0.39 is 0 Å². The van der Waals surface area contributed by atoms with E-state index in [4.69, 9.17) is 0 Å². The molecule has 102 valence electrons. The molecule has 4 rings (SSSR count). The molecule has 1 spiro atoms. The zero-order valence-corrected chi connectivity index (χ0v) is 12.7. The van der Waals surface area contributed by atoms with E-state index in [2.05, 4.69) is 27.7 Å². The number of rotatable bonds is 0. The molecular formula is C18H30. The summed E-state index contributed by atoms with van der Waals surface area (Å²) in [5.74, 6) is 6.43. The van der Waals surface area contributed by atoms with Gasteiger partial charge in [-0.05, 0) is 78.4 Å². The molecule has 7 unspecified atom stereocenters. The van der Waals surface area contributed by atoms with Crippen molar-refractivity contribution < 1.29 is 0 Å². The van der Waals surface area contributed by atoms with E-state index in [1.54, 1.807) is 25.7 Å². The Kier molecular flexibility index (Phi) is 2.20. The van der Waals surface area contributed by atoms with Gasteiger partial charge in [-0.25, -0.2) is 0 Å². The Labute approximate surface area is 113 Å². The van der Waals surface area contributed by atoms with E-state index in [0.29, 0.717) is 5.41 Å². The topological polar surface area (TPSA) is 0 Å². The minimum Gasteiger partial charge on any atom is -0.0625 e. The summed E-state index contributed by atoms with van der Waals surface area (Å²) in [6.07, 6.45) is 9.31. The van der Waals surface area contributed by atoms with Gasteiger partial charge in [-0.2, -0.15) is 0 Å². The molecule has 0 aromatic carbocycles. The molecule has 0 aromatic heterocycles. The minimum atomic E-state index is 0.643. The Bertz CT molecular complexity index is 368. The molecule has 7 atom stereocenters. The SMILES string of the molecule is CC1CCC2CCC23C(C)C2C3C(C1)CC2(C)C. The maximum atomic E-state index is 2.61. The monoisotopic (exact) mass is 246 g/mol. The second-order valence-electron chi connectivity index (χ2n) is 9.06. The summed E-state index contributed by atoms with van der Waals surface area (Å²) >= 11 is 0. The van der Waals surface area contributed by atoms with Crippen molar-refractivity contribution in [2.24, 2.45) is 46.3 Å². The molecule has 0 N–H and O–H groups in total. The first-order chi connectivity index (χ1) is 8.47. The van der Waals surface area contributed by atoms with Gasteiger partial charge < -0.3 is 0 Å². The van der Waals surface area contributed by atoms with Crippen LogP contribution < -0.4 is 0 Å². The van der Waals surface area contributed by atoms with Gasteiger partial charge in [0, 0.05) is 0 Å². The van der Waals surface area contributed by atoms with Crippen LogP contribution in [-0.2, 0) is 0 Å². The molecule has 0 heterocycles. The van der Waals surface area contributed by atoms with Crippen LogP contribution in [0, 0.1) is 46.3 Å². The third kappa shape index (κ3) is 1.15. The molecule has 18 heavy (non-hydrogen) atoms. The van der Waals surface area contributed by atoms with E-state index in [1.165, 1.54) is 12.8 Å². The second kappa shape index (κ2) is 3.36. The molecular weight excluding hydrogens is 216 g/mol. The summed E-state index contributed by atoms with van der Waals surface area (Å²) in [4.78, 5) is 0. The predicted molar refractivity (Wildman–Crippen MR) is 76.2 cm³/mol. The van der Waals surface area contributed by atoms with Crippen molar-refractivity contribution in [2.45, 2.75) is 66.2 Å². The Morgan fingerprint density at radius 2 is 1.72 bits per heavy atom. The van der Waals surface area contributed by atoms with E-state index in [9.17, 15) is 0 Å². The van der Waals surface area contributed by atoms with Gasteiger partial charge in [0.05, 0.1) is 0 Å². The van der Waals surface area contributed by atoms with Crippen molar-refractivity contribution in [1.29, 1.82) is 0 Å². The quantitative estimate of drug-likeness (QED) is 0.556. The van der Waals surface area contributed by atoms with Gasteiger partial charge in [0.1, 0.15) is 0 Å². The molecule has 4 saturated carbocycles. The fourth-order valence-electron chi connectivity index (χ4n) is 7.48. The highest BCUT2D eigenvalue weighted by molar-refractivity contribution is 5.21. The van der Waals surface area contributed by atoms with E-state index in [0.717, 1.165) is 40.9 Å². The van der Waals surface area contributed by atoms with Crippen LogP contribution in [0.25, 0.3) is 0 Å². The second-order valence-corrected chi connectivity index (χ2v) is 9.06. The Morgan fingerprint density at radius 3 is 2.39 bits per heavy atom. The summed E-state index contributed by atoms with van der Waals surface area (Å²) in [6, 6.07) is 0. The summed E-state index contributed by atoms with van der Waals surface area (Å²) < 4.78 is 0. The molecule has 0 nitrogen and oxygen atoms in total. The van der Waals surface area contributed by atoms with Gasteiger partial charge in [-0.1, -0.05) is 34.1 Å². The first-order valence-corrected chi connectivity index (χ1v) is 8.47.